The molecular formula is C18H26O3. The van der Waals surface area contributed by atoms with Crippen LogP contribution in [0.1, 0.15) is 51.2 Å². The molecule has 1 aromatic rings. The lowest BCUT2D eigenvalue weighted by molar-refractivity contribution is -0.0960. The molecule has 21 heavy (non-hydrogen) atoms. The summed E-state index contributed by atoms with van der Waals surface area (Å²) in [5.74, 6) is 0.526. The van der Waals surface area contributed by atoms with Gasteiger partial charge in [-0.1, -0.05) is 38.1 Å². The Morgan fingerprint density at radius 1 is 1.29 bits per heavy atom. The van der Waals surface area contributed by atoms with Gasteiger partial charge in [0.1, 0.15) is 0 Å². The van der Waals surface area contributed by atoms with Gasteiger partial charge in [0.25, 0.3) is 0 Å². The zero-order chi connectivity index (χ0) is 15.1. The third kappa shape index (κ3) is 2.52. The van der Waals surface area contributed by atoms with E-state index < -0.39 is 0 Å². The highest BCUT2D eigenvalue weighted by molar-refractivity contribution is 5.25. The van der Waals surface area contributed by atoms with Gasteiger partial charge in [-0.15, -0.1) is 0 Å². The fourth-order valence-corrected chi connectivity index (χ4v) is 3.85. The number of hydrogen-bond donors (Lipinski definition) is 1. The van der Waals surface area contributed by atoms with Gasteiger partial charge in [-0.05, 0) is 36.8 Å². The lowest BCUT2D eigenvalue weighted by Gasteiger charge is -2.31. The molecule has 0 spiro atoms. The van der Waals surface area contributed by atoms with Crippen LogP contribution in [0.3, 0.4) is 0 Å². The maximum atomic E-state index is 9.40. The molecular weight excluding hydrogens is 264 g/mol. The Bertz CT molecular complexity index is 513. The van der Waals surface area contributed by atoms with E-state index in [4.69, 9.17) is 9.47 Å². The largest absolute Gasteiger partial charge is 0.392 e. The Hall–Kier alpha value is -0.900. The SMILES string of the molecule is CC(C)C12CCC(C)(O1)C(OCc1ccccc1CO)C2. The number of benzene rings is 1. The lowest BCUT2D eigenvalue weighted by Crippen LogP contribution is -2.38. The third-order valence-corrected chi connectivity index (χ3v) is 5.47. The molecule has 2 heterocycles. The van der Waals surface area contributed by atoms with Gasteiger partial charge in [0.2, 0.25) is 0 Å². The van der Waals surface area contributed by atoms with Gasteiger partial charge in [0.15, 0.2) is 0 Å². The Kier molecular flexibility index (Phi) is 3.85. The van der Waals surface area contributed by atoms with Crippen molar-refractivity contribution in [1.29, 1.82) is 0 Å². The molecule has 116 valence electrons. The molecule has 3 unspecified atom stereocenters. The number of rotatable bonds is 5. The van der Waals surface area contributed by atoms with Crippen molar-refractivity contribution < 1.29 is 14.6 Å². The van der Waals surface area contributed by atoms with Crippen LogP contribution in [0.15, 0.2) is 24.3 Å². The summed E-state index contributed by atoms with van der Waals surface area (Å²) in [6, 6.07) is 7.92. The van der Waals surface area contributed by atoms with Gasteiger partial charge in [-0.3, -0.25) is 0 Å². The first-order valence-corrected chi connectivity index (χ1v) is 7.98. The average molecular weight is 290 g/mol. The van der Waals surface area contributed by atoms with E-state index in [-0.39, 0.29) is 23.9 Å². The quantitative estimate of drug-likeness (QED) is 0.903. The van der Waals surface area contributed by atoms with Crippen molar-refractivity contribution in [3.8, 4) is 0 Å². The fourth-order valence-electron chi connectivity index (χ4n) is 3.85. The second kappa shape index (κ2) is 5.38. The highest BCUT2D eigenvalue weighted by Crippen LogP contribution is 2.55. The number of aliphatic hydroxyl groups excluding tert-OH is 1. The van der Waals surface area contributed by atoms with Gasteiger partial charge < -0.3 is 14.6 Å². The van der Waals surface area contributed by atoms with E-state index in [2.05, 4.69) is 20.8 Å². The standard InChI is InChI=1S/C18H26O3/c1-13(2)18-9-8-17(3,21-18)16(10-18)20-12-15-7-5-4-6-14(15)11-19/h4-7,13,16,19H,8-12H2,1-3H3. The van der Waals surface area contributed by atoms with Crippen LogP contribution in [0.25, 0.3) is 0 Å². The summed E-state index contributed by atoms with van der Waals surface area (Å²) in [6.07, 6.45) is 3.37. The number of hydrogen-bond acceptors (Lipinski definition) is 3. The van der Waals surface area contributed by atoms with E-state index in [9.17, 15) is 5.11 Å². The highest BCUT2D eigenvalue weighted by atomic mass is 16.6. The summed E-state index contributed by atoms with van der Waals surface area (Å²) in [7, 11) is 0. The van der Waals surface area contributed by atoms with Gasteiger partial charge in [-0.2, -0.15) is 0 Å². The lowest BCUT2D eigenvalue weighted by atomic mass is 9.75. The zero-order valence-electron chi connectivity index (χ0n) is 13.3. The van der Waals surface area contributed by atoms with E-state index in [0.29, 0.717) is 12.5 Å². The maximum Gasteiger partial charge on any atom is 0.0924 e. The molecule has 3 heteroatoms. The van der Waals surface area contributed by atoms with Crippen LogP contribution in [0.5, 0.6) is 0 Å². The smallest absolute Gasteiger partial charge is 0.0924 e. The summed E-state index contributed by atoms with van der Waals surface area (Å²) in [4.78, 5) is 0. The van der Waals surface area contributed by atoms with Crippen molar-refractivity contribution in [2.75, 3.05) is 0 Å². The molecule has 2 saturated heterocycles. The topological polar surface area (TPSA) is 38.7 Å². The maximum absolute atomic E-state index is 9.40. The molecule has 0 saturated carbocycles. The third-order valence-electron chi connectivity index (χ3n) is 5.47. The Morgan fingerprint density at radius 3 is 2.62 bits per heavy atom. The molecule has 1 N–H and O–H groups in total. The van der Waals surface area contributed by atoms with Crippen LogP contribution in [-0.4, -0.2) is 22.4 Å². The van der Waals surface area contributed by atoms with Gasteiger partial charge in [0.05, 0.1) is 30.5 Å². The summed E-state index contributed by atoms with van der Waals surface area (Å²) in [5, 5.41) is 9.40. The van der Waals surface area contributed by atoms with Crippen molar-refractivity contribution in [2.45, 2.75) is 70.6 Å². The van der Waals surface area contributed by atoms with Crippen LogP contribution in [0.4, 0.5) is 0 Å². The normalized spacial score (nSPS) is 34.8. The molecule has 3 rings (SSSR count). The molecule has 3 atom stereocenters. The van der Waals surface area contributed by atoms with Gasteiger partial charge in [0, 0.05) is 6.42 Å². The second-order valence-corrected chi connectivity index (χ2v) is 7.06. The molecule has 3 nitrogen and oxygen atoms in total. The van der Waals surface area contributed by atoms with Crippen LogP contribution in [0, 0.1) is 5.92 Å². The zero-order valence-corrected chi connectivity index (χ0v) is 13.3. The Morgan fingerprint density at radius 2 is 2.00 bits per heavy atom. The van der Waals surface area contributed by atoms with Crippen molar-refractivity contribution in [1.82, 2.24) is 0 Å². The van der Waals surface area contributed by atoms with Crippen LogP contribution in [-0.2, 0) is 22.7 Å². The number of ether oxygens (including phenoxy) is 2. The average Bonchev–Trinajstić information content (AvgIpc) is 2.97. The van der Waals surface area contributed by atoms with E-state index in [1.165, 1.54) is 0 Å². The van der Waals surface area contributed by atoms with Gasteiger partial charge in [-0.25, -0.2) is 0 Å². The first kappa shape index (κ1) is 15.0. The molecule has 1 aromatic carbocycles. The predicted octanol–water partition coefficient (Wildman–Crippen LogP) is 3.43. The first-order chi connectivity index (χ1) is 9.99. The van der Waals surface area contributed by atoms with Crippen LogP contribution >= 0.6 is 0 Å². The molecule has 0 aromatic heterocycles. The molecule has 0 aliphatic carbocycles. The molecule has 2 fully saturated rings. The summed E-state index contributed by atoms with van der Waals surface area (Å²) in [6.45, 7) is 7.29. The van der Waals surface area contributed by atoms with E-state index in [0.717, 1.165) is 30.4 Å². The van der Waals surface area contributed by atoms with Crippen molar-refractivity contribution >= 4 is 0 Å². The molecule has 0 amide bonds. The second-order valence-electron chi connectivity index (χ2n) is 7.06. The Labute approximate surface area is 127 Å². The van der Waals surface area contributed by atoms with Crippen molar-refractivity contribution in [3.05, 3.63) is 35.4 Å². The van der Waals surface area contributed by atoms with Crippen molar-refractivity contribution in [2.24, 2.45) is 5.92 Å². The van der Waals surface area contributed by atoms with E-state index in [1.54, 1.807) is 0 Å². The monoisotopic (exact) mass is 290 g/mol. The Balaban J connectivity index is 1.69. The summed E-state index contributed by atoms with van der Waals surface area (Å²) < 4.78 is 12.6. The first-order valence-electron chi connectivity index (χ1n) is 7.98. The summed E-state index contributed by atoms with van der Waals surface area (Å²) >= 11 is 0. The van der Waals surface area contributed by atoms with Crippen LogP contribution < -0.4 is 0 Å². The van der Waals surface area contributed by atoms with E-state index in [1.807, 2.05) is 24.3 Å². The minimum absolute atomic E-state index is 0.00983. The highest BCUT2D eigenvalue weighted by Gasteiger charge is 2.60. The number of fused-ring (bicyclic) bond motifs is 2. The predicted molar refractivity (Wildman–Crippen MR) is 81.9 cm³/mol. The minimum Gasteiger partial charge on any atom is -0.392 e. The molecule has 2 bridgehead atoms. The van der Waals surface area contributed by atoms with E-state index >= 15 is 0 Å². The summed E-state index contributed by atoms with van der Waals surface area (Å²) in [5.41, 5.74) is 1.89. The molecule has 0 radical (unpaired) electrons. The van der Waals surface area contributed by atoms with Crippen molar-refractivity contribution in [3.63, 3.8) is 0 Å². The molecule has 2 aliphatic rings. The van der Waals surface area contributed by atoms with Gasteiger partial charge >= 0.3 is 0 Å². The fraction of sp³-hybridized carbons (Fsp3) is 0.667. The molecule has 2 aliphatic heterocycles. The number of aliphatic hydroxyl groups is 1. The minimum atomic E-state index is -0.140. The van der Waals surface area contributed by atoms with Crippen LogP contribution in [0.2, 0.25) is 0 Å².